The predicted molar refractivity (Wildman–Crippen MR) is 84.9 cm³/mol. The van der Waals surface area contributed by atoms with Crippen molar-refractivity contribution in [2.75, 3.05) is 0 Å². The first-order valence-corrected chi connectivity index (χ1v) is 7.16. The van der Waals surface area contributed by atoms with Crippen LogP contribution in [0.25, 0.3) is 21.2 Å². The van der Waals surface area contributed by atoms with Gasteiger partial charge in [-0.25, -0.2) is 0 Å². The Labute approximate surface area is 124 Å². The fourth-order valence-electron chi connectivity index (χ4n) is 2.29. The molecule has 0 bridgehead atoms. The van der Waals surface area contributed by atoms with Crippen molar-refractivity contribution in [3.63, 3.8) is 0 Å². The van der Waals surface area contributed by atoms with Crippen LogP contribution in [-0.4, -0.2) is 4.92 Å². The van der Waals surface area contributed by atoms with Crippen molar-refractivity contribution < 1.29 is 4.92 Å². The van der Waals surface area contributed by atoms with E-state index in [1.807, 2.05) is 31.2 Å². The molecule has 0 aliphatic heterocycles. The molecule has 0 spiro atoms. The van der Waals surface area contributed by atoms with Crippen molar-refractivity contribution in [3.05, 3.63) is 73.7 Å². The molecule has 0 unspecified atom stereocenters. The largest absolute Gasteiger partial charge is 0.277 e. The Bertz CT molecular complexity index is 915. The number of nitro benzene ring substituents is 1. The van der Waals surface area contributed by atoms with Gasteiger partial charge in [0.15, 0.2) is 0 Å². The molecule has 2 aromatic carbocycles. The van der Waals surface area contributed by atoms with Gasteiger partial charge in [0.2, 0.25) is 4.74 Å². The second-order valence-electron chi connectivity index (χ2n) is 4.74. The van der Waals surface area contributed by atoms with Crippen LogP contribution >= 0.6 is 11.3 Å². The van der Waals surface area contributed by atoms with Crippen LogP contribution in [0.15, 0.2) is 53.3 Å². The second kappa shape index (κ2) is 5.10. The van der Waals surface area contributed by atoms with Gasteiger partial charge in [-0.15, -0.1) is 0 Å². The molecular formula is C16H11NO3S. The van der Waals surface area contributed by atoms with Crippen LogP contribution in [0.2, 0.25) is 0 Å². The molecule has 0 N–H and O–H groups in total. The summed E-state index contributed by atoms with van der Waals surface area (Å²) in [7, 11) is 0. The van der Waals surface area contributed by atoms with Gasteiger partial charge >= 0.3 is 0 Å². The Balaban J connectivity index is 2.29. The first kappa shape index (κ1) is 13.5. The summed E-state index contributed by atoms with van der Waals surface area (Å²) in [5.74, 6) is 0. The van der Waals surface area contributed by atoms with Crippen molar-refractivity contribution >= 4 is 27.1 Å². The van der Waals surface area contributed by atoms with Gasteiger partial charge in [0.1, 0.15) is 0 Å². The summed E-state index contributed by atoms with van der Waals surface area (Å²) in [6, 6.07) is 13.9. The number of aryl methyl sites for hydroxylation is 1. The van der Waals surface area contributed by atoms with Crippen LogP contribution in [0, 0.1) is 17.0 Å². The van der Waals surface area contributed by atoms with Gasteiger partial charge in [-0.05, 0) is 35.6 Å². The van der Waals surface area contributed by atoms with E-state index >= 15 is 0 Å². The third-order valence-electron chi connectivity index (χ3n) is 3.36. The van der Waals surface area contributed by atoms with E-state index in [2.05, 4.69) is 0 Å². The second-order valence-corrected chi connectivity index (χ2v) is 5.76. The van der Waals surface area contributed by atoms with Crippen LogP contribution < -0.4 is 4.74 Å². The zero-order valence-electron chi connectivity index (χ0n) is 11.2. The van der Waals surface area contributed by atoms with Crippen molar-refractivity contribution in [1.29, 1.82) is 0 Å². The topological polar surface area (TPSA) is 60.2 Å². The minimum absolute atomic E-state index is 0.0316. The van der Waals surface area contributed by atoms with E-state index in [0.717, 1.165) is 27.2 Å². The molecule has 0 saturated heterocycles. The third-order valence-corrected chi connectivity index (χ3v) is 4.36. The zero-order valence-corrected chi connectivity index (χ0v) is 12.0. The van der Waals surface area contributed by atoms with Crippen LogP contribution in [-0.2, 0) is 0 Å². The normalized spacial score (nSPS) is 10.7. The number of benzene rings is 2. The molecule has 0 aliphatic rings. The standard InChI is InChI=1S/C16H11NO3S/c1-10-4-2-3-5-13(10)14-9-11-8-12(17(19)20)6-7-15(11)21-16(14)18/h2-9H,1H3. The van der Waals surface area contributed by atoms with E-state index in [9.17, 15) is 14.9 Å². The molecular weight excluding hydrogens is 286 g/mol. The van der Waals surface area contributed by atoms with E-state index in [0.29, 0.717) is 10.9 Å². The lowest BCUT2D eigenvalue weighted by atomic mass is 10.0. The van der Waals surface area contributed by atoms with Crippen molar-refractivity contribution in [2.45, 2.75) is 6.92 Å². The van der Waals surface area contributed by atoms with Crippen molar-refractivity contribution in [2.24, 2.45) is 0 Å². The van der Waals surface area contributed by atoms with Gasteiger partial charge < -0.3 is 0 Å². The summed E-state index contributed by atoms with van der Waals surface area (Å²) in [6.07, 6.45) is 0. The van der Waals surface area contributed by atoms with Crippen molar-refractivity contribution in [3.8, 4) is 11.1 Å². The zero-order chi connectivity index (χ0) is 15.0. The van der Waals surface area contributed by atoms with Gasteiger partial charge in [-0.2, -0.15) is 0 Å². The van der Waals surface area contributed by atoms with E-state index in [4.69, 9.17) is 0 Å². The van der Waals surface area contributed by atoms with Crippen LogP contribution in [0.4, 0.5) is 5.69 Å². The molecule has 0 amide bonds. The van der Waals surface area contributed by atoms with Crippen LogP contribution in [0.1, 0.15) is 5.56 Å². The third kappa shape index (κ3) is 2.43. The predicted octanol–water partition coefficient (Wildman–Crippen LogP) is 4.15. The molecule has 0 fully saturated rings. The lowest BCUT2D eigenvalue weighted by molar-refractivity contribution is -0.384. The highest BCUT2D eigenvalue weighted by molar-refractivity contribution is 7.16. The monoisotopic (exact) mass is 297 g/mol. The Kier molecular flexibility index (Phi) is 3.27. The molecule has 4 nitrogen and oxygen atoms in total. The summed E-state index contributed by atoms with van der Waals surface area (Å²) in [5.41, 5.74) is 2.49. The van der Waals surface area contributed by atoms with E-state index in [1.165, 1.54) is 12.1 Å². The number of non-ortho nitro benzene ring substituents is 1. The lowest BCUT2D eigenvalue weighted by Gasteiger charge is -2.05. The molecule has 0 radical (unpaired) electrons. The highest BCUT2D eigenvalue weighted by Gasteiger charge is 2.11. The number of hydrogen-bond donors (Lipinski definition) is 0. The number of hydrogen-bond acceptors (Lipinski definition) is 4. The van der Waals surface area contributed by atoms with Gasteiger partial charge in [-0.1, -0.05) is 35.6 Å². The summed E-state index contributed by atoms with van der Waals surface area (Å²) in [6.45, 7) is 1.94. The maximum Gasteiger partial charge on any atom is 0.270 e. The Morgan fingerprint density at radius 2 is 1.81 bits per heavy atom. The number of rotatable bonds is 2. The molecule has 1 heterocycles. The van der Waals surface area contributed by atoms with Crippen LogP contribution in [0.5, 0.6) is 0 Å². The van der Waals surface area contributed by atoms with E-state index in [1.54, 1.807) is 12.1 Å². The highest BCUT2D eigenvalue weighted by Crippen LogP contribution is 2.28. The molecule has 5 heteroatoms. The minimum atomic E-state index is -0.428. The molecule has 3 aromatic rings. The average Bonchev–Trinajstić information content (AvgIpc) is 2.47. The molecule has 0 atom stereocenters. The number of nitrogens with zero attached hydrogens (tertiary/aromatic N) is 1. The first-order chi connectivity index (χ1) is 10.1. The Morgan fingerprint density at radius 1 is 1.05 bits per heavy atom. The smallest absolute Gasteiger partial charge is 0.270 e. The van der Waals surface area contributed by atoms with E-state index < -0.39 is 4.92 Å². The van der Waals surface area contributed by atoms with Crippen molar-refractivity contribution in [1.82, 2.24) is 0 Å². The van der Waals surface area contributed by atoms with Gasteiger partial charge in [0, 0.05) is 22.4 Å². The first-order valence-electron chi connectivity index (χ1n) is 6.34. The van der Waals surface area contributed by atoms with Gasteiger partial charge in [-0.3, -0.25) is 14.9 Å². The highest BCUT2D eigenvalue weighted by atomic mass is 32.1. The Morgan fingerprint density at radius 3 is 2.52 bits per heavy atom. The summed E-state index contributed by atoms with van der Waals surface area (Å²) < 4.78 is 0.716. The van der Waals surface area contributed by atoms with Crippen LogP contribution in [0.3, 0.4) is 0 Å². The number of nitro groups is 1. The molecule has 21 heavy (non-hydrogen) atoms. The Hall–Kier alpha value is -2.53. The maximum atomic E-state index is 12.3. The maximum absolute atomic E-state index is 12.3. The fraction of sp³-hybridized carbons (Fsp3) is 0.0625. The average molecular weight is 297 g/mol. The van der Waals surface area contributed by atoms with Gasteiger partial charge in [0.05, 0.1) is 4.92 Å². The van der Waals surface area contributed by atoms with E-state index in [-0.39, 0.29) is 10.4 Å². The SMILES string of the molecule is Cc1ccccc1-c1cc2cc([N+](=O)[O-])ccc2sc1=O. The fourth-order valence-corrected chi connectivity index (χ4v) is 3.14. The molecule has 1 aromatic heterocycles. The summed E-state index contributed by atoms with van der Waals surface area (Å²) >= 11 is 1.11. The molecule has 3 rings (SSSR count). The quantitative estimate of drug-likeness (QED) is 0.527. The minimum Gasteiger partial charge on any atom is -0.277 e. The molecule has 0 aliphatic carbocycles. The molecule has 0 saturated carbocycles. The number of fused-ring (bicyclic) bond motifs is 1. The summed E-state index contributed by atoms with van der Waals surface area (Å²) in [5, 5.41) is 11.6. The lowest BCUT2D eigenvalue weighted by Crippen LogP contribution is -2.00. The molecule has 104 valence electrons. The summed E-state index contributed by atoms with van der Waals surface area (Å²) in [4.78, 5) is 22.7. The van der Waals surface area contributed by atoms with Gasteiger partial charge in [0.25, 0.3) is 5.69 Å².